The van der Waals surface area contributed by atoms with Crippen LogP contribution in [-0.4, -0.2) is 79.1 Å². The largest absolute Gasteiger partial charge is 0.489 e. The Bertz CT molecular complexity index is 1520. The Kier molecular flexibility index (Phi) is 11.6. The second-order valence-electron chi connectivity index (χ2n) is 13.9. The maximum absolute atomic E-state index is 12.8. The fraction of sp³-hybridized carbons (Fsp3) is 0.474. The van der Waals surface area contributed by atoms with Crippen molar-refractivity contribution in [1.82, 2.24) is 15.3 Å². The summed E-state index contributed by atoms with van der Waals surface area (Å²) < 4.78 is 11.9. The number of ether oxygens (including phenoxy) is 2. The molecule has 2 aliphatic heterocycles. The summed E-state index contributed by atoms with van der Waals surface area (Å²) in [5.74, 6) is 0.548. The number of carboxylic acid groups (broad SMARTS) is 1. The Morgan fingerprint density at radius 1 is 1.04 bits per heavy atom. The third-order valence-electron chi connectivity index (χ3n) is 9.36. The van der Waals surface area contributed by atoms with Gasteiger partial charge in [-0.2, -0.15) is 0 Å². The van der Waals surface area contributed by atoms with Gasteiger partial charge in [-0.3, -0.25) is 4.79 Å². The van der Waals surface area contributed by atoms with Gasteiger partial charge in [0.25, 0.3) is 5.91 Å². The molecule has 0 spiro atoms. The third-order valence-corrected chi connectivity index (χ3v) is 9.36. The molecule has 3 aromatic carbocycles. The van der Waals surface area contributed by atoms with Gasteiger partial charge < -0.3 is 24.4 Å². The van der Waals surface area contributed by atoms with E-state index in [9.17, 15) is 14.7 Å². The molecular weight excluding hydrogens is 594 g/mol. The van der Waals surface area contributed by atoms with Gasteiger partial charge in [-0.1, -0.05) is 75.4 Å². The van der Waals surface area contributed by atoms with E-state index < -0.39 is 12.4 Å². The van der Waals surface area contributed by atoms with Gasteiger partial charge in [-0.15, -0.1) is 0 Å². The fourth-order valence-electron chi connectivity index (χ4n) is 6.68. The highest BCUT2D eigenvalue weighted by Gasteiger charge is 2.38. The molecule has 47 heavy (non-hydrogen) atoms. The number of hydrogen-bond acceptors (Lipinski definition) is 6. The van der Waals surface area contributed by atoms with E-state index in [2.05, 4.69) is 38.2 Å². The Balaban J connectivity index is 1.36. The molecule has 9 heteroatoms. The molecule has 2 heterocycles. The van der Waals surface area contributed by atoms with Gasteiger partial charge in [-0.25, -0.2) is 15.1 Å². The van der Waals surface area contributed by atoms with Crippen molar-refractivity contribution < 1.29 is 29.0 Å². The Labute approximate surface area is 278 Å². The average molecular weight is 644 g/mol. The van der Waals surface area contributed by atoms with Gasteiger partial charge in [0.05, 0.1) is 0 Å². The van der Waals surface area contributed by atoms with Crippen molar-refractivity contribution in [2.45, 2.75) is 65.2 Å². The number of benzene rings is 3. The summed E-state index contributed by atoms with van der Waals surface area (Å²) in [6, 6.07) is 21.5. The minimum absolute atomic E-state index is 0.0798. The van der Waals surface area contributed by atoms with Gasteiger partial charge >= 0.3 is 6.09 Å². The lowest BCUT2D eigenvalue weighted by atomic mass is 9.75. The van der Waals surface area contributed by atoms with Crippen LogP contribution in [0.1, 0.15) is 68.8 Å². The quantitative estimate of drug-likeness (QED) is 0.201. The molecule has 2 aliphatic rings. The lowest BCUT2D eigenvalue weighted by molar-refractivity contribution is -0.186. The third kappa shape index (κ3) is 9.34. The summed E-state index contributed by atoms with van der Waals surface area (Å²) in [6.07, 6.45) is 5.52. The summed E-state index contributed by atoms with van der Waals surface area (Å²) in [5, 5.41) is 12.5. The van der Waals surface area contributed by atoms with Gasteiger partial charge in [-0.05, 0) is 85.3 Å². The van der Waals surface area contributed by atoms with E-state index in [1.54, 1.807) is 12.1 Å². The molecule has 3 atom stereocenters. The van der Waals surface area contributed by atoms with Crippen molar-refractivity contribution in [1.29, 1.82) is 0 Å². The summed E-state index contributed by atoms with van der Waals surface area (Å²) in [5.41, 5.74) is 4.52. The molecule has 252 valence electrons. The monoisotopic (exact) mass is 643 g/mol. The van der Waals surface area contributed by atoms with Crippen molar-refractivity contribution in [3.63, 3.8) is 0 Å². The Morgan fingerprint density at radius 3 is 2.49 bits per heavy atom. The molecule has 0 aliphatic carbocycles. The molecule has 9 nitrogen and oxygen atoms in total. The number of likely N-dealkylation sites (tertiary alicyclic amines) is 1. The lowest BCUT2D eigenvalue weighted by Crippen LogP contribution is -2.48. The van der Waals surface area contributed by atoms with Crippen molar-refractivity contribution in [3.05, 3.63) is 83.4 Å². The predicted octanol–water partition coefficient (Wildman–Crippen LogP) is 7.23. The van der Waals surface area contributed by atoms with Crippen molar-refractivity contribution >= 4 is 28.8 Å². The van der Waals surface area contributed by atoms with Crippen LogP contribution in [0.15, 0.2) is 72.3 Å². The van der Waals surface area contributed by atoms with Crippen LogP contribution in [0.3, 0.4) is 0 Å². The van der Waals surface area contributed by atoms with E-state index in [1.807, 2.05) is 60.7 Å². The topological polar surface area (TPSA) is 101 Å². The second kappa shape index (κ2) is 15.8. The van der Waals surface area contributed by atoms with Crippen LogP contribution in [0.2, 0.25) is 0 Å². The maximum atomic E-state index is 12.8. The predicted molar refractivity (Wildman–Crippen MR) is 184 cm³/mol. The van der Waals surface area contributed by atoms with Crippen LogP contribution in [0.4, 0.5) is 4.79 Å². The summed E-state index contributed by atoms with van der Waals surface area (Å²) in [7, 11) is 2.14. The van der Waals surface area contributed by atoms with Crippen molar-refractivity contribution in [2.24, 2.45) is 11.3 Å². The number of hydrogen-bond donors (Lipinski definition) is 2. The molecule has 0 aromatic heterocycles. The van der Waals surface area contributed by atoms with E-state index >= 15 is 0 Å². The number of nitrogens with one attached hydrogen (secondary N) is 1. The van der Waals surface area contributed by atoms with Gasteiger partial charge in [0.15, 0.2) is 6.29 Å². The molecule has 3 aromatic rings. The van der Waals surface area contributed by atoms with Crippen LogP contribution < -0.4 is 10.2 Å². The smallest absolute Gasteiger partial charge is 0.407 e. The number of hydroxylamine groups is 1. The summed E-state index contributed by atoms with van der Waals surface area (Å²) >= 11 is 0. The Morgan fingerprint density at radius 2 is 1.81 bits per heavy atom. The summed E-state index contributed by atoms with van der Waals surface area (Å²) in [6.45, 7) is 9.09. The van der Waals surface area contributed by atoms with Crippen LogP contribution in [0.25, 0.3) is 16.8 Å². The Hall–Kier alpha value is -3.92. The minimum atomic E-state index is -0.954. The van der Waals surface area contributed by atoms with Crippen LogP contribution in [0, 0.1) is 11.3 Å². The van der Waals surface area contributed by atoms with E-state index in [0.29, 0.717) is 24.8 Å². The van der Waals surface area contributed by atoms with E-state index in [1.165, 1.54) is 4.90 Å². The molecule has 2 N–H and O–H groups in total. The van der Waals surface area contributed by atoms with Crippen molar-refractivity contribution in [2.75, 3.05) is 39.9 Å². The number of amides is 2. The first-order valence-corrected chi connectivity index (χ1v) is 16.7. The highest BCUT2D eigenvalue weighted by atomic mass is 16.8. The van der Waals surface area contributed by atoms with Crippen LogP contribution >= 0.6 is 0 Å². The average Bonchev–Trinajstić information content (AvgIpc) is 3.49. The standard InChI is InChI=1S/C38H49N3O6/c1-38(2,3)32(33-14-10-21-40(33)4)25-41(37(43)44)24-28(26-46-34-15-9-12-29-11-5-6-13-31(29)34)23-27-17-19-30(20-18-27)36(42)39-47-35-16-7-8-22-45-35/h5-6,9,11-13,15,17-20,23,32-33,35H,7-8,10,14,16,21-22,24-26H2,1-4H3,(H,39,42)(H,43,44). The van der Waals surface area contributed by atoms with Crippen molar-refractivity contribution in [3.8, 4) is 5.75 Å². The van der Waals surface area contributed by atoms with E-state index in [0.717, 1.165) is 66.3 Å². The first-order valence-electron chi connectivity index (χ1n) is 16.7. The number of rotatable bonds is 12. The van der Waals surface area contributed by atoms with Crippen LogP contribution in [-0.2, 0) is 9.57 Å². The number of carbonyl (C=O) groups excluding carboxylic acids is 1. The van der Waals surface area contributed by atoms with Crippen LogP contribution in [0.5, 0.6) is 5.75 Å². The highest BCUT2D eigenvalue weighted by molar-refractivity contribution is 5.93. The van der Waals surface area contributed by atoms with E-state index in [4.69, 9.17) is 14.3 Å². The molecule has 3 unspecified atom stereocenters. The maximum Gasteiger partial charge on any atom is 0.407 e. The molecule has 0 radical (unpaired) electrons. The van der Waals surface area contributed by atoms with E-state index in [-0.39, 0.29) is 30.4 Å². The van der Waals surface area contributed by atoms with Gasteiger partial charge in [0.2, 0.25) is 0 Å². The number of nitrogens with zero attached hydrogens (tertiary/aromatic N) is 2. The molecular formula is C38H49N3O6. The zero-order chi connectivity index (χ0) is 33.4. The zero-order valence-electron chi connectivity index (χ0n) is 28.1. The zero-order valence-corrected chi connectivity index (χ0v) is 28.1. The molecule has 0 bridgehead atoms. The molecule has 2 saturated heterocycles. The molecule has 2 fully saturated rings. The summed E-state index contributed by atoms with van der Waals surface area (Å²) in [4.78, 5) is 34.9. The number of fused-ring (bicyclic) bond motifs is 1. The molecule has 2 amide bonds. The second-order valence-corrected chi connectivity index (χ2v) is 13.9. The van der Waals surface area contributed by atoms with Gasteiger partial charge in [0, 0.05) is 43.1 Å². The first kappa shape index (κ1) is 34.4. The molecule has 5 rings (SSSR count). The number of carbonyl (C=O) groups is 2. The normalized spacial score (nSPS) is 19.8. The lowest BCUT2D eigenvalue weighted by Gasteiger charge is -2.41. The molecule has 0 saturated carbocycles. The first-order chi connectivity index (χ1) is 22.6. The minimum Gasteiger partial charge on any atom is -0.489 e. The fourth-order valence-corrected chi connectivity index (χ4v) is 6.68. The SMILES string of the molecule is CN1CCCC1C(CN(CC(=Cc1ccc(C(=O)NOC2CCCCO2)cc1)COc1cccc2ccccc12)C(=O)O)C(C)(C)C. The van der Waals surface area contributed by atoms with Gasteiger partial charge in [0.1, 0.15) is 12.4 Å². The highest BCUT2D eigenvalue weighted by Crippen LogP contribution is 2.36.